The van der Waals surface area contributed by atoms with E-state index in [0.717, 1.165) is 24.1 Å². The molecule has 0 bridgehead atoms. The third kappa shape index (κ3) is 4.14. The highest BCUT2D eigenvalue weighted by atomic mass is 35.5. The van der Waals surface area contributed by atoms with Gasteiger partial charge in [0.15, 0.2) is 0 Å². The second-order valence-corrected chi connectivity index (χ2v) is 7.69. The largest absolute Gasteiger partial charge is 0.321 e. The Bertz CT molecular complexity index is 1100. The summed E-state index contributed by atoms with van der Waals surface area (Å²) >= 11 is 12.2. The molecule has 6 heteroatoms. The van der Waals surface area contributed by atoms with E-state index in [2.05, 4.69) is 5.32 Å². The maximum atomic E-state index is 13.0. The number of halogens is 2. The second kappa shape index (κ2) is 8.27. The molecule has 0 aromatic heterocycles. The third-order valence-electron chi connectivity index (χ3n) is 4.90. The van der Waals surface area contributed by atoms with Crippen LogP contribution in [0.15, 0.2) is 66.7 Å². The van der Waals surface area contributed by atoms with Gasteiger partial charge in [0, 0.05) is 28.4 Å². The zero-order valence-corrected chi connectivity index (χ0v) is 17.0. The molecule has 3 aromatic carbocycles. The number of carbonyl (C=O) groups is 2. The Kier molecular flexibility index (Phi) is 5.56. The van der Waals surface area contributed by atoms with Gasteiger partial charge < -0.3 is 10.2 Å². The number of rotatable bonds is 3. The monoisotopic (exact) mass is 424 g/mol. The highest BCUT2D eigenvalue weighted by Crippen LogP contribution is 2.30. The van der Waals surface area contributed by atoms with Gasteiger partial charge in [-0.2, -0.15) is 0 Å². The number of amides is 2. The quantitative estimate of drug-likeness (QED) is 0.573. The highest BCUT2D eigenvalue weighted by molar-refractivity contribution is 6.34. The van der Waals surface area contributed by atoms with E-state index in [1.807, 2.05) is 24.3 Å². The van der Waals surface area contributed by atoms with Crippen molar-refractivity contribution in [2.45, 2.75) is 12.8 Å². The summed E-state index contributed by atoms with van der Waals surface area (Å²) in [6.07, 6.45) is 1.64. The van der Waals surface area contributed by atoms with Crippen molar-refractivity contribution in [1.82, 2.24) is 0 Å². The molecule has 3 aromatic rings. The van der Waals surface area contributed by atoms with Crippen LogP contribution in [0.5, 0.6) is 0 Å². The van der Waals surface area contributed by atoms with Gasteiger partial charge in [0.1, 0.15) is 0 Å². The fourth-order valence-corrected chi connectivity index (χ4v) is 3.86. The molecule has 0 spiro atoms. The molecule has 2 amide bonds. The predicted octanol–water partition coefficient (Wildman–Crippen LogP) is 5.84. The molecule has 4 nitrogen and oxygen atoms in total. The maximum absolute atomic E-state index is 13.0. The average Bonchev–Trinajstić information content (AvgIpc) is 2.74. The summed E-state index contributed by atoms with van der Waals surface area (Å²) < 4.78 is 0. The Balaban J connectivity index is 1.59. The number of fused-ring (bicyclic) bond motifs is 1. The molecule has 0 radical (unpaired) electrons. The van der Waals surface area contributed by atoms with Crippen LogP contribution in [-0.2, 0) is 6.42 Å². The number of hydrogen-bond acceptors (Lipinski definition) is 2. The van der Waals surface area contributed by atoms with Crippen molar-refractivity contribution in [3.63, 3.8) is 0 Å². The minimum atomic E-state index is -0.237. The highest BCUT2D eigenvalue weighted by Gasteiger charge is 2.24. The number of hydrogen-bond donors (Lipinski definition) is 1. The van der Waals surface area contributed by atoms with Crippen LogP contribution < -0.4 is 10.2 Å². The van der Waals surface area contributed by atoms with E-state index in [0.29, 0.717) is 33.4 Å². The molecule has 1 heterocycles. The lowest BCUT2D eigenvalue weighted by atomic mass is 9.98. The van der Waals surface area contributed by atoms with E-state index >= 15 is 0 Å². The van der Waals surface area contributed by atoms with Gasteiger partial charge >= 0.3 is 0 Å². The van der Waals surface area contributed by atoms with Crippen LogP contribution >= 0.6 is 23.2 Å². The smallest absolute Gasteiger partial charge is 0.258 e. The molecule has 0 aliphatic carbocycles. The number of aryl methyl sites for hydroxylation is 1. The van der Waals surface area contributed by atoms with Gasteiger partial charge in [0.2, 0.25) is 0 Å². The van der Waals surface area contributed by atoms with Crippen molar-refractivity contribution in [2.75, 3.05) is 16.8 Å². The van der Waals surface area contributed by atoms with E-state index in [1.165, 1.54) is 0 Å². The lowest BCUT2D eigenvalue weighted by Crippen LogP contribution is -2.35. The Morgan fingerprint density at radius 1 is 0.897 bits per heavy atom. The zero-order valence-electron chi connectivity index (χ0n) is 15.5. The summed E-state index contributed by atoms with van der Waals surface area (Å²) in [4.78, 5) is 27.4. The van der Waals surface area contributed by atoms with Crippen molar-refractivity contribution < 1.29 is 9.59 Å². The minimum Gasteiger partial charge on any atom is -0.321 e. The van der Waals surface area contributed by atoms with Crippen molar-refractivity contribution in [1.29, 1.82) is 0 Å². The summed E-state index contributed by atoms with van der Waals surface area (Å²) in [5.74, 6) is -0.332. The lowest BCUT2D eigenvalue weighted by molar-refractivity contribution is 0.0984. The number of nitrogens with zero attached hydrogens (tertiary/aromatic N) is 1. The van der Waals surface area contributed by atoms with Gasteiger partial charge in [-0.1, -0.05) is 41.4 Å². The molecule has 0 saturated heterocycles. The summed E-state index contributed by atoms with van der Waals surface area (Å²) in [5.41, 5.74) is 3.44. The number of para-hydroxylation sites is 1. The van der Waals surface area contributed by atoms with Crippen LogP contribution in [0.2, 0.25) is 10.0 Å². The SMILES string of the molecule is O=C(Nc1ccccc1Cl)c1ccc2c(c1)CCCN2C(=O)c1cccc(Cl)c1. The van der Waals surface area contributed by atoms with Crippen molar-refractivity contribution >= 4 is 46.4 Å². The number of nitrogens with one attached hydrogen (secondary N) is 1. The van der Waals surface area contributed by atoms with Crippen LogP contribution in [0.25, 0.3) is 0 Å². The number of anilines is 2. The second-order valence-electron chi connectivity index (χ2n) is 6.85. The molecule has 1 N–H and O–H groups in total. The normalized spacial score (nSPS) is 13.0. The van der Waals surface area contributed by atoms with Gasteiger partial charge in [-0.25, -0.2) is 0 Å². The fourth-order valence-electron chi connectivity index (χ4n) is 3.48. The number of benzene rings is 3. The van der Waals surface area contributed by atoms with Crippen LogP contribution in [-0.4, -0.2) is 18.4 Å². The molecule has 1 aliphatic rings. The molecule has 0 saturated carbocycles. The van der Waals surface area contributed by atoms with E-state index < -0.39 is 0 Å². The Labute approximate surface area is 179 Å². The Morgan fingerprint density at radius 2 is 1.72 bits per heavy atom. The predicted molar refractivity (Wildman–Crippen MR) is 117 cm³/mol. The van der Waals surface area contributed by atoms with Gasteiger partial charge in [-0.05, 0) is 66.9 Å². The lowest BCUT2D eigenvalue weighted by Gasteiger charge is -2.30. The van der Waals surface area contributed by atoms with E-state index in [-0.39, 0.29) is 11.8 Å². The summed E-state index contributed by atoms with van der Waals surface area (Å²) in [6.45, 7) is 0.628. The molecule has 4 rings (SSSR count). The third-order valence-corrected chi connectivity index (χ3v) is 5.46. The standard InChI is InChI=1S/C23H18Cl2N2O2/c24-18-7-3-5-17(14-18)23(29)27-12-4-6-15-13-16(10-11-21(15)27)22(28)26-20-9-2-1-8-19(20)25/h1-3,5,7-11,13-14H,4,6,12H2,(H,26,28). The summed E-state index contributed by atoms with van der Waals surface area (Å²) in [6, 6.07) is 19.4. The molecular formula is C23H18Cl2N2O2. The first kappa shape index (κ1) is 19.5. The van der Waals surface area contributed by atoms with Crippen LogP contribution in [0.1, 0.15) is 32.7 Å². The molecule has 146 valence electrons. The summed E-state index contributed by atoms with van der Waals surface area (Å²) in [7, 11) is 0. The molecule has 0 unspecified atom stereocenters. The van der Waals surface area contributed by atoms with Crippen molar-refractivity contribution in [3.8, 4) is 0 Å². The van der Waals surface area contributed by atoms with Gasteiger partial charge in [0.25, 0.3) is 11.8 Å². The average molecular weight is 425 g/mol. The minimum absolute atomic E-state index is 0.0956. The molecule has 0 fully saturated rings. The van der Waals surface area contributed by atoms with Crippen LogP contribution in [0.4, 0.5) is 11.4 Å². The first-order valence-electron chi connectivity index (χ1n) is 9.29. The Hall–Kier alpha value is -2.82. The molecule has 1 aliphatic heterocycles. The van der Waals surface area contributed by atoms with Gasteiger partial charge in [-0.3, -0.25) is 9.59 Å². The van der Waals surface area contributed by atoms with Crippen LogP contribution in [0.3, 0.4) is 0 Å². The van der Waals surface area contributed by atoms with E-state index in [4.69, 9.17) is 23.2 Å². The first-order valence-corrected chi connectivity index (χ1v) is 10.0. The fraction of sp³-hybridized carbons (Fsp3) is 0.130. The van der Waals surface area contributed by atoms with Crippen molar-refractivity contribution in [2.24, 2.45) is 0 Å². The molecule has 29 heavy (non-hydrogen) atoms. The summed E-state index contributed by atoms with van der Waals surface area (Å²) in [5, 5.41) is 3.84. The van der Waals surface area contributed by atoms with Gasteiger partial charge in [0.05, 0.1) is 10.7 Å². The van der Waals surface area contributed by atoms with Crippen molar-refractivity contribution in [3.05, 3.63) is 93.5 Å². The Morgan fingerprint density at radius 3 is 2.52 bits per heavy atom. The first-order chi connectivity index (χ1) is 14.0. The maximum Gasteiger partial charge on any atom is 0.258 e. The molecular weight excluding hydrogens is 407 g/mol. The van der Waals surface area contributed by atoms with E-state index in [1.54, 1.807) is 47.4 Å². The number of carbonyl (C=O) groups excluding carboxylic acids is 2. The van der Waals surface area contributed by atoms with Crippen LogP contribution in [0, 0.1) is 0 Å². The topological polar surface area (TPSA) is 49.4 Å². The van der Waals surface area contributed by atoms with Gasteiger partial charge in [-0.15, -0.1) is 0 Å². The molecule has 0 atom stereocenters. The van der Waals surface area contributed by atoms with E-state index in [9.17, 15) is 9.59 Å². The zero-order chi connectivity index (χ0) is 20.4.